The Bertz CT molecular complexity index is 606. The van der Waals surface area contributed by atoms with Crippen molar-refractivity contribution in [1.82, 2.24) is 5.32 Å². The first kappa shape index (κ1) is 39.8. The van der Waals surface area contributed by atoms with Crippen molar-refractivity contribution in [2.45, 2.75) is 193 Å². The molecule has 5 heteroatoms. The molecule has 5 nitrogen and oxygen atoms in total. The number of nitrogens with one attached hydrogen (secondary N) is 1. The van der Waals surface area contributed by atoms with Crippen LogP contribution in [0.3, 0.4) is 0 Å². The van der Waals surface area contributed by atoms with E-state index in [1.165, 1.54) is 122 Å². The molecule has 0 aromatic rings. The van der Waals surface area contributed by atoms with Crippen molar-refractivity contribution in [3.05, 3.63) is 24.3 Å². The topological polar surface area (TPSA) is 89.8 Å². The molecule has 3 unspecified atom stereocenters. The summed E-state index contributed by atoms with van der Waals surface area (Å²) < 4.78 is 0. The Morgan fingerprint density at radius 3 is 1.54 bits per heavy atom. The van der Waals surface area contributed by atoms with Crippen molar-refractivity contribution in [3.63, 3.8) is 0 Å². The summed E-state index contributed by atoms with van der Waals surface area (Å²) in [4.78, 5) is 12.3. The molecule has 0 fully saturated rings. The molecule has 0 aliphatic heterocycles. The molecule has 0 saturated carbocycles. The Morgan fingerprint density at radius 2 is 1.05 bits per heavy atom. The van der Waals surface area contributed by atoms with Crippen molar-refractivity contribution in [1.29, 1.82) is 0 Å². The van der Waals surface area contributed by atoms with Crippen LogP contribution in [0.4, 0.5) is 0 Å². The Kier molecular flexibility index (Phi) is 30.9. The van der Waals surface area contributed by atoms with E-state index in [0.29, 0.717) is 6.42 Å². The Balaban J connectivity index is 3.78. The molecule has 0 heterocycles. The highest BCUT2D eigenvalue weighted by molar-refractivity contribution is 5.81. The first-order valence-corrected chi connectivity index (χ1v) is 17.6. The fraction of sp³-hybridized carbons (Fsp3) is 0.861. The van der Waals surface area contributed by atoms with Gasteiger partial charge in [-0.15, -0.1) is 0 Å². The van der Waals surface area contributed by atoms with Crippen LogP contribution in [0, 0.1) is 0 Å². The van der Waals surface area contributed by atoms with Gasteiger partial charge in [-0.2, -0.15) is 0 Å². The average Bonchev–Trinajstić information content (AvgIpc) is 2.98. The Morgan fingerprint density at radius 1 is 0.610 bits per heavy atom. The standard InChI is InChI=1S/C36H69NO4/c1-3-5-7-9-11-13-15-17-18-19-21-22-24-26-28-30-34(39)33(32-38)37-36(41)35(40)31-29-27-25-23-20-16-14-12-10-8-6-4-2/h20,23,27,29,33-35,38-40H,3-19,21-22,24-26,28,30-32H2,1-2H3,(H,37,41)/b23-20-,29-27-. The zero-order valence-electron chi connectivity index (χ0n) is 27.2. The zero-order valence-corrected chi connectivity index (χ0v) is 27.2. The van der Waals surface area contributed by atoms with Crippen LogP contribution in [-0.2, 0) is 4.79 Å². The van der Waals surface area contributed by atoms with E-state index in [4.69, 9.17) is 0 Å². The smallest absolute Gasteiger partial charge is 0.249 e. The van der Waals surface area contributed by atoms with E-state index in [9.17, 15) is 20.1 Å². The van der Waals surface area contributed by atoms with Crippen LogP contribution in [0.2, 0.25) is 0 Å². The van der Waals surface area contributed by atoms with Crippen LogP contribution >= 0.6 is 0 Å². The lowest BCUT2D eigenvalue weighted by molar-refractivity contribution is -0.131. The average molecular weight is 580 g/mol. The number of carbonyl (C=O) groups excluding carboxylic acids is 1. The van der Waals surface area contributed by atoms with Crippen LogP contribution in [0.1, 0.15) is 174 Å². The molecule has 0 rings (SSSR count). The second-order valence-corrected chi connectivity index (χ2v) is 12.1. The molecular formula is C36H69NO4. The second-order valence-electron chi connectivity index (χ2n) is 12.1. The molecule has 0 spiro atoms. The molecule has 0 aromatic carbocycles. The van der Waals surface area contributed by atoms with E-state index in [1.807, 2.05) is 12.2 Å². The highest BCUT2D eigenvalue weighted by Gasteiger charge is 2.23. The summed E-state index contributed by atoms with van der Waals surface area (Å²) in [6, 6.07) is -0.738. The maximum Gasteiger partial charge on any atom is 0.249 e. The fourth-order valence-electron chi connectivity index (χ4n) is 5.23. The van der Waals surface area contributed by atoms with Crippen molar-refractivity contribution in [2.24, 2.45) is 0 Å². The van der Waals surface area contributed by atoms with Gasteiger partial charge < -0.3 is 20.6 Å². The van der Waals surface area contributed by atoms with Crippen molar-refractivity contribution < 1.29 is 20.1 Å². The van der Waals surface area contributed by atoms with E-state index in [2.05, 4.69) is 31.3 Å². The number of aliphatic hydroxyl groups is 3. The van der Waals surface area contributed by atoms with Crippen molar-refractivity contribution in [3.8, 4) is 0 Å². The van der Waals surface area contributed by atoms with Crippen molar-refractivity contribution >= 4 is 5.91 Å². The number of aliphatic hydroxyl groups excluding tert-OH is 3. The van der Waals surface area contributed by atoms with Crippen LogP contribution in [0.5, 0.6) is 0 Å². The highest BCUT2D eigenvalue weighted by atomic mass is 16.3. The number of amides is 1. The number of unbranched alkanes of at least 4 members (excludes halogenated alkanes) is 20. The lowest BCUT2D eigenvalue weighted by atomic mass is 10.0. The molecule has 41 heavy (non-hydrogen) atoms. The molecule has 242 valence electrons. The number of hydrogen-bond acceptors (Lipinski definition) is 4. The molecule has 0 radical (unpaired) electrons. The maximum absolute atomic E-state index is 12.3. The van der Waals surface area contributed by atoms with E-state index in [1.54, 1.807) is 0 Å². The lowest BCUT2D eigenvalue weighted by Gasteiger charge is -2.23. The Labute approximate surface area is 254 Å². The summed E-state index contributed by atoms with van der Waals surface area (Å²) in [6.07, 6.45) is 36.0. The number of rotatable bonds is 31. The molecule has 3 atom stereocenters. The van der Waals surface area contributed by atoms with Crippen LogP contribution in [0.25, 0.3) is 0 Å². The lowest BCUT2D eigenvalue weighted by Crippen LogP contribution is -2.49. The number of carbonyl (C=O) groups is 1. The van der Waals surface area contributed by atoms with Gasteiger partial charge in [-0.05, 0) is 25.7 Å². The normalized spacial score (nSPS) is 14.2. The minimum atomic E-state index is -1.18. The van der Waals surface area contributed by atoms with E-state index < -0.39 is 24.2 Å². The summed E-state index contributed by atoms with van der Waals surface area (Å²) in [7, 11) is 0. The number of allylic oxidation sites excluding steroid dienone is 3. The first-order valence-electron chi connectivity index (χ1n) is 17.6. The molecule has 4 N–H and O–H groups in total. The summed E-state index contributed by atoms with van der Waals surface area (Å²) in [6.45, 7) is 4.17. The molecule has 0 bridgehead atoms. The predicted octanol–water partition coefficient (Wildman–Crippen LogP) is 9.09. The largest absolute Gasteiger partial charge is 0.394 e. The quantitative estimate of drug-likeness (QED) is 0.0487. The van der Waals surface area contributed by atoms with Gasteiger partial charge in [-0.3, -0.25) is 4.79 Å². The first-order chi connectivity index (χ1) is 20.1. The van der Waals surface area contributed by atoms with Gasteiger partial charge in [0.1, 0.15) is 6.10 Å². The Hall–Kier alpha value is -1.17. The molecule has 0 aliphatic rings. The molecular weight excluding hydrogens is 510 g/mol. The SMILES string of the molecule is CCCCCCCC/C=C\C/C=C\CC(O)C(=O)NC(CO)C(O)CCCCCCCCCCCCCCCCC. The minimum Gasteiger partial charge on any atom is -0.394 e. The third-order valence-corrected chi connectivity index (χ3v) is 8.08. The van der Waals surface area contributed by atoms with Gasteiger partial charge >= 0.3 is 0 Å². The third-order valence-electron chi connectivity index (χ3n) is 8.08. The molecule has 0 aliphatic carbocycles. The second kappa shape index (κ2) is 31.8. The summed E-state index contributed by atoms with van der Waals surface area (Å²) >= 11 is 0. The predicted molar refractivity (Wildman–Crippen MR) is 176 cm³/mol. The van der Waals surface area contributed by atoms with Gasteiger partial charge in [0.2, 0.25) is 5.91 Å². The van der Waals surface area contributed by atoms with Gasteiger partial charge in [0.05, 0.1) is 18.8 Å². The summed E-state index contributed by atoms with van der Waals surface area (Å²) in [5, 5.41) is 32.9. The minimum absolute atomic E-state index is 0.227. The van der Waals surface area contributed by atoms with Gasteiger partial charge in [0.15, 0.2) is 0 Å². The van der Waals surface area contributed by atoms with Gasteiger partial charge in [-0.25, -0.2) is 0 Å². The molecule has 1 amide bonds. The monoisotopic (exact) mass is 580 g/mol. The summed E-state index contributed by atoms with van der Waals surface area (Å²) in [5.74, 6) is -0.539. The zero-order chi connectivity index (χ0) is 30.2. The van der Waals surface area contributed by atoms with Crippen LogP contribution in [-0.4, -0.2) is 46.1 Å². The number of hydrogen-bond donors (Lipinski definition) is 4. The van der Waals surface area contributed by atoms with Crippen LogP contribution < -0.4 is 5.32 Å². The third kappa shape index (κ3) is 27.4. The van der Waals surface area contributed by atoms with E-state index in [-0.39, 0.29) is 13.0 Å². The van der Waals surface area contributed by atoms with Crippen LogP contribution in [0.15, 0.2) is 24.3 Å². The van der Waals surface area contributed by atoms with E-state index >= 15 is 0 Å². The van der Waals surface area contributed by atoms with Gasteiger partial charge in [0.25, 0.3) is 0 Å². The van der Waals surface area contributed by atoms with E-state index in [0.717, 1.165) is 25.7 Å². The van der Waals surface area contributed by atoms with Gasteiger partial charge in [-0.1, -0.05) is 167 Å². The maximum atomic E-state index is 12.3. The van der Waals surface area contributed by atoms with Crippen molar-refractivity contribution in [2.75, 3.05) is 6.61 Å². The molecule has 0 aromatic heterocycles. The highest BCUT2D eigenvalue weighted by Crippen LogP contribution is 2.15. The van der Waals surface area contributed by atoms with Gasteiger partial charge in [0, 0.05) is 6.42 Å². The molecule has 0 saturated heterocycles. The fourth-order valence-corrected chi connectivity index (χ4v) is 5.23. The summed E-state index contributed by atoms with van der Waals surface area (Å²) in [5.41, 5.74) is 0.